The van der Waals surface area contributed by atoms with E-state index in [1.165, 1.54) is 38.4 Å². The van der Waals surface area contributed by atoms with Crippen LogP contribution in [-0.2, 0) is 7.05 Å². The Kier molecular flexibility index (Phi) is 3.70. The first kappa shape index (κ1) is 16.0. The second kappa shape index (κ2) is 6.22. The van der Waals surface area contributed by atoms with Gasteiger partial charge in [-0.25, -0.2) is 9.50 Å². The van der Waals surface area contributed by atoms with Crippen LogP contribution in [0.1, 0.15) is 38.1 Å². The Morgan fingerprint density at radius 3 is 2.70 bits per heavy atom. The van der Waals surface area contributed by atoms with E-state index >= 15 is 0 Å². The molecule has 0 atom stereocenters. The number of nitrogens with two attached hydrogens (primary N) is 1. The van der Waals surface area contributed by atoms with E-state index in [1.807, 2.05) is 30.2 Å². The molecule has 1 aliphatic carbocycles. The number of aryl methyl sites for hydroxylation is 1. The highest BCUT2D eigenvalue weighted by atomic mass is 15.3. The Labute approximate surface area is 156 Å². The van der Waals surface area contributed by atoms with Crippen LogP contribution < -0.4 is 5.73 Å². The van der Waals surface area contributed by atoms with Crippen molar-refractivity contribution in [2.45, 2.75) is 38.1 Å². The summed E-state index contributed by atoms with van der Waals surface area (Å²) in [7, 11) is 1.90. The molecular weight excluding hydrogens is 340 g/mol. The lowest BCUT2D eigenvalue weighted by molar-refractivity contribution is 0.332. The van der Waals surface area contributed by atoms with Crippen molar-refractivity contribution in [1.82, 2.24) is 34.2 Å². The van der Waals surface area contributed by atoms with E-state index in [9.17, 15) is 0 Å². The highest BCUT2D eigenvalue weighted by Crippen LogP contribution is 2.37. The van der Waals surface area contributed by atoms with Crippen LogP contribution in [0.15, 0.2) is 37.1 Å². The smallest absolute Gasteiger partial charge is 0.152 e. The predicted molar refractivity (Wildman–Crippen MR) is 103 cm³/mol. The predicted octanol–water partition coefficient (Wildman–Crippen LogP) is 3.08. The number of hydrogen-bond donors (Lipinski definition) is 1. The molecule has 0 unspecified atom stereocenters. The summed E-state index contributed by atoms with van der Waals surface area (Å²) in [6, 6.07) is 4.61. The summed E-state index contributed by atoms with van der Waals surface area (Å²) in [5.74, 6) is 0.464. The topological polar surface area (TPSA) is 91.8 Å². The van der Waals surface area contributed by atoms with E-state index in [0.717, 1.165) is 28.0 Å². The van der Waals surface area contributed by atoms with Crippen molar-refractivity contribution in [3.63, 3.8) is 0 Å². The normalized spacial score (nSPS) is 15.6. The highest BCUT2D eigenvalue weighted by Gasteiger charge is 2.23. The average molecular weight is 362 g/mol. The maximum atomic E-state index is 6.27. The molecule has 27 heavy (non-hydrogen) atoms. The third kappa shape index (κ3) is 2.59. The van der Waals surface area contributed by atoms with Crippen molar-refractivity contribution in [3.8, 4) is 22.5 Å². The maximum Gasteiger partial charge on any atom is 0.152 e. The van der Waals surface area contributed by atoms with Crippen molar-refractivity contribution < 1.29 is 0 Å². The molecule has 8 nitrogen and oxygen atoms in total. The molecule has 0 amide bonds. The molecule has 4 aromatic rings. The lowest BCUT2D eigenvalue weighted by atomic mass is 9.95. The summed E-state index contributed by atoms with van der Waals surface area (Å²) in [6.45, 7) is 0. The van der Waals surface area contributed by atoms with Crippen molar-refractivity contribution in [2.75, 3.05) is 5.73 Å². The van der Waals surface area contributed by atoms with Gasteiger partial charge in [0.2, 0.25) is 0 Å². The third-order valence-corrected chi connectivity index (χ3v) is 5.45. The van der Waals surface area contributed by atoms with Crippen LogP contribution in [0.2, 0.25) is 0 Å². The first-order valence-electron chi connectivity index (χ1n) is 9.37. The molecule has 5 rings (SSSR count). The Bertz CT molecular complexity index is 1100. The number of nitrogen functional groups attached to an aromatic ring is 1. The lowest BCUT2D eigenvalue weighted by Crippen LogP contribution is -2.15. The molecule has 0 aliphatic heterocycles. The van der Waals surface area contributed by atoms with E-state index in [1.54, 1.807) is 4.68 Å². The van der Waals surface area contributed by atoms with Crippen LogP contribution >= 0.6 is 0 Å². The van der Waals surface area contributed by atoms with Crippen LogP contribution in [0, 0.1) is 0 Å². The zero-order chi connectivity index (χ0) is 18.4. The van der Waals surface area contributed by atoms with Crippen molar-refractivity contribution >= 4 is 11.3 Å². The fourth-order valence-electron chi connectivity index (χ4n) is 4.17. The monoisotopic (exact) mass is 362 g/mol. The van der Waals surface area contributed by atoms with E-state index in [-0.39, 0.29) is 0 Å². The van der Waals surface area contributed by atoms with E-state index in [0.29, 0.717) is 11.9 Å². The van der Waals surface area contributed by atoms with Crippen LogP contribution in [-0.4, -0.2) is 34.2 Å². The standard InChI is InChI=1S/C19H22N8/c1-25-11-13(10-23-25)17-9-15(18-19(20)21-12-24-27(17)18)16-7-8-22-26(16)14-5-3-2-4-6-14/h7-12,14H,2-6H2,1H3,(H2,20,21,24). The number of fused-ring (bicyclic) bond motifs is 1. The quantitative estimate of drug-likeness (QED) is 0.605. The SMILES string of the molecule is Cn1cc(-c2cc(-c3ccnn3C3CCCCC3)c3c(N)ncnn23)cn1. The van der Waals surface area contributed by atoms with Gasteiger partial charge in [0.15, 0.2) is 5.82 Å². The van der Waals surface area contributed by atoms with E-state index in [4.69, 9.17) is 5.73 Å². The average Bonchev–Trinajstić information content (AvgIpc) is 3.40. The van der Waals surface area contributed by atoms with Gasteiger partial charge < -0.3 is 5.73 Å². The Balaban J connectivity index is 1.72. The van der Waals surface area contributed by atoms with Crippen LogP contribution in [0.5, 0.6) is 0 Å². The summed E-state index contributed by atoms with van der Waals surface area (Å²) in [6.07, 6.45) is 13.3. The highest BCUT2D eigenvalue weighted by molar-refractivity contribution is 5.90. The number of rotatable bonds is 3. The second-order valence-electron chi connectivity index (χ2n) is 7.20. The minimum atomic E-state index is 0.436. The van der Waals surface area contributed by atoms with Gasteiger partial charge in [0.1, 0.15) is 11.8 Å². The molecule has 1 saturated carbocycles. The van der Waals surface area contributed by atoms with Crippen molar-refractivity contribution in [1.29, 1.82) is 0 Å². The molecule has 1 fully saturated rings. The Hall–Kier alpha value is -3.16. The molecule has 0 spiro atoms. The Morgan fingerprint density at radius 1 is 1.07 bits per heavy atom. The molecule has 2 N–H and O–H groups in total. The molecule has 0 aromatic carbocycles. The fraction of sp³-hybridized carbons (Fsp3) is 0.368. The summed E-state index contributed by atoms with van der Waals surface area (Å²) in [4.78, 5) is 4.23. The van der Waals surface area contributed by atoms with Gasteiger partial charge >= 0.3 is 0 Å². The zero-order valence-corrected chi connectivity index (χ0v) is 15.3. The molecule has 4 heterocycles. The van der Waals surface area contributed by atoms with E-state index < -0.39 is 0 Å². The third-order valence-electron chi connectivity index (χ3n) is 5.45. The molecule has 0 radical (unpaired) electrons. The van der Waals surface area contributed by atoms with Gasteiger partial charge in [-0.15, -0.1) is 0 Å². The van der Waals surface area contributed by atoms with Gasteiger partial charge in [0.25, 0.3) is 0 Å². The fourth-order valence-corrected chi connectivity index (χ4v) is 4.17. The summed E-state index contributed by atoms with van der Waals surface area (Å²) in [5, 5.41) is 13.4. The summed E-state index contributed by atoms with van der Waals surface area (Å²) >= 11 is 0. The minimum Gasteiger partial charge on any atom is -0.382 e. The molecular formula is C19H22N8. The number of aromatic nitrogens is 7. The Morgan fingerprint density at radius 2 is 1.93 bits per heavy atom. The molecule has 0 saturated heterocycles. The lowest BCUT2D eigenvalue weighted by Gasteiger charge is -2.23. The van der Waals surface area contributed by atoms with Crippen LogP contribution in [0.25, 0.3) is 28.0 Å². The van der Waals surface area contributed by atoms with Gasteiger partial charge in [0, 0.05) is 30.6 Å². The maximum absolute atomic E-state index is 6.27. The number of nitrogens with zero attached hydrogens (tertiary/aromatic N) is 7. The van der Waals surface area contributed by atoms with Gasteiger partial charge in [-0.05, 0) is 25.0 Å². The summed E-state index contributed by atoms with van der Waals surface area (Å²) < 4.78 is 5.80. The molecule has 138 valence electrons. The van der Waals surface area contributed by atoms with Gasteiger partial charge in [0.05, 0.1) is 23.6 Å². The van der Waals surface area contributed by atoms with Crippen molar-refractivity contribution in [3.05, 3.63) is 37.1 Å². The molecule has 8 heteroatoms. The van der Waals surface area contributed by atoms with Crippen molar-refractivity contribution in [2.24, 2.45) is 7.05 Å². The molecule has 1 aliphatic rings. The summed E-state index contributed by atoms with van der Waals surface area (Å²) in [5.41, 5.74) is 11.1. The van der Waals surface area contributed by atoms with Crippen LogP contribution in [0.4, 0.5) is 5.82 Å². The number of hydrogen-bond acceptors (Lipinski definition) is 5. The molecule has 0 bridgehead atoms. The zero-order valence-electron chi connectivity index (χ0n) is 15.3. The minimum absolute atomic E-state index is 0.436. The van der Waals surface area contributed by atoms with E-state index in [2.05, 4.69) is 37.1 Å². The van der Waals surface area contributed by atoms with Crippen LogP contribution in [0.3, 0.4) is 0 Å². The first-order chi connectivity index (χ1) is 13.2. The largest absolute Gasteiger partial charge is 0.382 e. The molecule has 4 aromatic heterocycles. The number of anilines is 1. The second-order valence-corrected chi connectivity index (χ2v) is 7.20. The van der Waals surface area contributed by atoms with Gasteiger partial charge in [-0.3, -0.25) is 9.36 Å². The first-order valence-corrected chi connectivity index (χ1v) is 9.37. The van der Waals surface area contributed by atoms with Gasteiger partial charge in [-0.1, -0.05) is 19.3 Å². The van der Waals surface area contributed by atoms with Gasteiger partial charge in [-0.2, -0.15) is 15.3 Å².